The van der Waals surface area contributed by atoms with Gasteiger partial charge >= 0.3 is 6.09 Å². The molecule has 1 aromatic rings. The molecule has 0 saturated heterocycles. The summed E-state index contributed by atoms with van der Waals surface area (Å²) in [6, 6.07) is 7.43. The van der Waals surface area contributed by atoms with Crippen molar-refractivity contribution in [2.24, 2.45) is 11.8 Å². The summed E-state index contributed by atoms with van der Waals surface area (Å²) in [5, 5.41) is 5.81. The van der Waals surface area contributed by atoms with E-state index in [1.54, 1.807) is 25.7 Å². The highest BCUT2D eigenvalue weighted by Crippen LogP contribution is 2.28. The number of benzene rings is 1. The standard InChI is InChI=1S/C29H49N3O4/c1-19(2)16-17-22(7)32(25(26(33)30-21(5)6)23-14-12-11-13-15-23)27(34)24(18-20(3)4)31-28(35)36-29(8,9)10/h11-15,19-22,24-25H,16-18H2,1-10H3,(H,30,33)(H,31,35). The molecule has 0 spiro atoms. The summed E-state index contributed by atoms with van der Waals surface area (Å²) in [4.78, 5) is 42.2. The highest BCUT2D eigenvalue weighted by atomic mass is 16.6. The molecule has 0 fully saturated rings. The van der Waals surface area contributed by atoms with Crippen molar-refractivity contribution >= 4 is 17.9 Å². The molecule has 0 aliphatic heterocycles. The van der Waals surface area contributed by atoms with Gasteiger partial charge in [-0.2, -0.15) is 0 Å². The molecule has 0 aliphatic rings. The molecular formula is C29H49N3O4. The van der Waals surface area contributed by atoms with Gasteiger partial charge in [0, 0.05) is 12.1 Å². The van der Waals surface area contributed by atoms with Crippen LogP contribution in [-0.2, 0) is 14.3 Å². The fraction of sp³-hybridized carbons (Fsp3) is 0.690. The smallest absolute Gasteiger partial charge is 0.408 e. The van der Waals surface area contributed by atoms with E-state index < -0.39 is 23.8 Å². The predicted molar refractivity (Wildman–Crippen MR) is 145 cm³/mol. The number of ether oxygens (including phenoxy) is 1. The van der Waals surface area contributed by atoms with Gasteiger partial charge in [-0.15, -0.1) is 0 Å². The maximum Gasteiger partial charge on any atom is 0.408 e. The maximum absolute atomic E-state index is 14.2. The average Bonchev–Trinajstić information content (AvgIpc) is 2.73. The van der Waals surface area contributed by atoms with Crippen LogP contribution in [0.5, 0.6) is 0 Å². The van der Waals surface area contributed by atoms with Crippen molar-refractivity contribution in [2.45, 2.75) is 118 Å². The molecule has 7 nitrogen and oxygen atoms in total. The van der Waals surface area contributed by atoms with Gasteiger partial charge in [0.25, 0.3) is 0 Å². The molecule has 0 aliphatic carbocycles. The summed E-state index contributed by atoms with van der Waals surface area (Å²) in [6.45, 7) is 19.4. The second kappa shape index (κ2) is 14.2. The van der Waals surface area contributed by atoms with Gasteiger partial charge in [-0.25, -0.2) is 4.79 Å². The van der Waals surface area contributed by atoms with E-state index in [2.05, 4.69) is 24.5 Å². The third kappa shape index (κ3) is 11.0. The maximum atomic E-state index is 14.2. The van der Waals surface area contributed by atoms with E-state index >= 15 is 0 Å². The topological polar surface area (TPSA) is 87.7 Å². The molecule has 7 heteroatoms. The van der Waals surface area contributed by atoms with Gasteiger partial charge in [0.05, 0.1) is 0 Å². The Balaban J connectivity index is 3.54. The third-order valence-electron chi connectivity index (χ3n) is 5.66. The zero-order valence-electron chi connectivity index (χ0n) is 24.1. The summed E-state index contributed by atoms with van der Waals surface area (Å²) in [7, 11) is 0. The number of hydrogen-bond acceptors (Lipinski definition) is 4. The number of alkyl carbamates (subject to hydrolysis) is 1. The van der Waals surface area contributed by atoms with Gasteiger partial charge in [0.2, 0.25) is 11.8 Å². The van der Waals surface area contributed by atoms with Crippen LogP contribution in [-0.4, -0.2) is 46.5 Å². The molecule has 204 valence electrons. The van der Waals surface area contributed by atoms with Gasteiger partial charge < -0.3 is 20.3 Å². The van der Waals surface area contributed by atoms with Crippen LogP contribution in [0.2, 0.25) is 0 Å². The minimum atomic E-state index is -0.821. The molecule has 1 aromatic carbocycles. The summed E-state index contributed by atoms with van der Waals surface area (Å²) >= 11 is 0. The normalized spacial score (nSPS) is 14.4. The van der Waals surface area contributed by atoms with Crippen molar-refractivity contribution in [1.82, 2.24) is 15.5 Å². The van der Waals surface area contributed by atoms with Crippen LogP contribution >= 0.6 is 0 Å². The van der Waals surface area contributed by atoms with E-state index in [0.29, 0.717) is 12.3 Å². The van der Waals surface area contributed by atoms with Crippen LogP contribution in [0, 0.1) is 11.8 Å². The highest BCUT2D eigenvalue weighted by Gasteiger charge is 2.39. The molecule has 3 atom stereocenters. The van der Waals surface area contributed by atoms with E-state index in [1.807, 2.05) is 65.0 Å². The SMILES string of the molecule is CC(C)CCC(C)N(C(=O)C(CC(C)C)NC(=O)OC(C)(C)C)C(C(=O)NC(C)C)c1ccccc1. The minimum absolute atomic E-state index is 0.0852. The molecular weight excluding hydrogens is 454 g/mol. The van der Waals surface area contributed by atoms with Crippen molar-refractivity contribution in [3.05, 3.63) is 35.9 Å². The molecule has 0 saturated carbocycles. The first-order valence-corrected chi connectivity index (χ1v) is 13.3. The zero-order chi connectivity index (χ0) is 27.6. The lowest BCUT2D eigenvalue weighted by atomic mass is 9.95. The third-order valence-corrected chi connectivity index (χ3v) is 5.66. The van der Waals surface area contributed by atoms with E-state index in [4.69, 9.17) is 4.74 Å². The Labute approximate surface area is 218 Å². The predicted octanol–water partition coefficient (Wildman–Crippen LogP) is 5.85. The van der Waals surface area contributed by atoms with Crippen LogP contribution < -0.4 is 10.6 Å². The van der Waals surface area contributed by atoms with Crippen LogP contribution in [0.4, 0.5) is 4.79 Å². The molecule has 36 heavy (non-hydrogen) atoms. The Morgan fingerprint density at radius 3 is 1.92 bits per heavy atom. The highest BCUT2D eigenvalue weighted by molar-refractivity contribution is 5.92. The van der Waals surface area contributed by atoms with E-state index in [9.17, 15) is 14.4 Å². The number of hydrogen-bond donors (Lipinski definition) is 2. The van der Waals surface area contributed by atoms with Gasteiger partial charge in [0.15, 0.2) is 0 Å². The number of nitrogens with one attached hydrogen (secondary N) is 2. The summed E-state index contributed by atoms with van der Waals surface area (Å²) in [5.74, 6) is 0.0804. The minimum Gasteiger partial charge on any atom is -0.444 e. The van der Waals surface area contributed by atoms with Gasteiger partial charge in [-0.1, -0.05) is 58.0 Å². The van der Waals surface area contributed by atoms with Crippen molar-refractivity contribution in [1.29, 1.82) is 0 Å². The fourth-order valence-corrected chi connectivity index (χ4v) is 4.07. The van der Waals surface area contributed by atoms with Crippen LogP contribution in [0.25, 0.3) is 0 Å². The van der Waals surface area contributed by atoms with E-state index in [0.717, 1.165) is 18.4 Å². The monoisotopic (exact) mass is 503 g/mol. The zero-order valence-corrected chi connectivity index (χ0v) is 24.1. The molecule has 3 amide bonds. The van der Waals surface area contributed by atoms with E-state index in [1.165, 1.54) is 0 Å². The number of amides is 3. The van der Waals surface area contributed by atoms with Crippen molar-refractivity contribution in [2.75, 3.05) is 0 Å². The van der Waals surface area contributed by atoms with Crippen LogP contribution in [0.1, 0.15) is 100 Å². The summed E-state index contributed by atoms with van der Waals surface area (Å²) in [5.41, 5.74) is 0.0460. The largest absolute Gasteiger partial charge is 0.444 e. The Hall–Kier alpha value is -2.57. The van der Waals surface area contributed by atoms with Gasteiger partial charge in [-0.3, -0.25) is 9.59 Å². The quantitative estimate of drug-likeness (QED) is 0.375. The molecule has 0 bridgehead atoms. The molecule has 0 heterocycles. The molecule has 0 radical (unpaired) electrons. The second-order valence-electron chi connectivity index (χ2n) is 11.9. The Bertz CT molecular complexity index is 831. The number of carbonyl (C=O) groups excluding carboxylic acids is 3. The van der Waals surface area contributed by atoms with Gasteiger partial charge in [0.1, 0.15) is 17.7 Å². The van der Waals surface area contributed by atoms with Crippen molar-refractivity contribution in [3.8, 4) is 0 Å². The first kappa shape index (κ1) is 31.5. The summed E-state index contributed by atoms with van der Waals surface area (Å²) < 4.78 is 5.46. The molecule has 2 N–H and O–H groups in total. The summed E-state index contributed by atoms with van der Waals surface area (Å²) in [6.07, 6.45) is 1.44. The molecule has 0 aromatic heterocycles. The van der Waals surface area contributed by atoms with Gasteiger partial charge in [-0.05, 0) is 78.2 Å². The molecule has 1 rings (SSSR count). The fourth-order valence-electron chi connectivity index (χ4n) is 4.07. The van der Waals surface area contributed by atoms with E-state index in [-0.39, 0.29) is 29.8 Å². The number of nitrogens with zero attached hydrogens (tertiary/aromatic N) is 1. The van der Waals surface area contributed by atoms with Crippen LogP contribution in [0.3, 0.4) is 0 Å². The Morgan fingerprint density at radius 1 is 0.861 bits per heavy atom. The van der Waals surface area contributed by atoms with Crippen molar-refractivity contribution < 1.29 is 19.1 Å². The Kier molecular flexibility index (Phi) is 12.4. The number of carbonyl (C=O) groups is 3. The number of rotatable bonds is 12. The first-order valence-electron chi connectivity index (χ1n) is 13.3. The average molecular weight is 504 g/mol. The molecule has 3 unspecified atom stereocenters. The first-order chi connectivity index (χ1) is 16.6. The lowest BCUT2D eigenvalue weighted by Crippen LogP contribution is -2.56. The lowest BCUT2D eigenvalue weighted by molar-refractivity contribution is -0.145. The lowest BCUT2D eigenvalue weighted by Gasteiger charge is -2.39. The Morgan fingerprint density at radius 2 is 1.44 bits per heavy atom. The van der Waals surface area contributed by atoms with Crippen LogP contribution in [0.15, 0.2) is 30.3 Å². The second-order valence-corrected chi connectivity index (χ2v) is 11.9. The van der Waals surface area contributed by atoms with Crippen molar-refractivity contribution in [3.63, 3.8) is 0 Å².